The summed E-state index contributed by atoms with van der Waals surface area (Å²) in [6, 6.07) is 14.3. The van der Waals surface area contributed by atoms with Crippen LogP contribution in [0.25, 0.3) is 6.08 Å². The highest BCUT2D eigenvalue weighted by molar-refractivity contribution is 5.91. The number of hydrogen-bond donors (Lipinski definition) is 1. The van der Waals surface area contributed by atoms with Crippen LogP contribution < -0.4 is 0 Å². The van der Waals surface area contributed by atoms with Gasteiger partial charge in [0.25, 0.3) is 0 Å². The quantitative estimate of drug-likeness (QED) is 0.267. The van der Waals surface area contributed by atoms with Gasteiger partial charge in [0.05, 0.1) is 23.3 Å². The lowest BCUT2D eigenvalue weighted by atomic mass is 9.87. The second-order valence-corrected chi connectivity index (χ2v) is 9.20. The first-order chi connectivity index (χ1) is 17.9. The second-order valence-electron chi connectivity index (χ2n) is 9.20. The molecule has 0 unspecified atom stereocenters. The van der Waals surface area contributed by atoms with Crippen LogP contribution in [0.5, 0.6) is 0 Å². The van der Waals surface area contributed by atoms with Gasteiger partial charge in [-0.05, 0) is 60.9 Å². The third-order valence-corrected chi connectivity index (χ3v) is 6.57. The number of ether oxygens (including phenoxy) is 1. The van der Waals surface area contributed by atoms with Crippen LogP contribution >= 0.6 is 0 Å². The minimum Gasteiger partial charge on any atom is -0.370 e. The highest BCUT2D eigenvalue weighted by Crippen LogP contribution is 2.39. The van der Waals surface area contributed by atoms with Crippen LogP contribution in [-0.2, 0) is 21.9 Å². The number of amides is 1. The van der Waals surface area contributed by atoms with Crippen LogP contribution in [0.2, 0.25) is 0 Å². The molecule has 0 radical (unpaired) electrons. The van der Waals surface area contributed by atoms with E-state index in [4.69, 9.17) is 4.74 Å². The summed E-state index contributed by atoms with van der Waals surface area (Å²) in [5, 5.41) is 0. The Hall–Kier alpha value is -3.53. The second kappa shape index (κ2) is 11.1. The van der Waals surface area contributed by atoms with E-state index in [1.54, 1.807) is 17.2 Å². The number of aromatic nitrogens is 1. The van der Waals surface area contributed by atoms with Crippen molar-refractivity contribution in [3.05, 3.63) is 101 Å². The molecule has 0 bridgehead atoms. The fourth-order valence-corrected chi connectivity index (χ4v) is 4.58. The lowest BCUT2D eigenvalue weighted by Gasteiger charge is -2.39. The van der Waals surface area contributed by atoms with Gasteiger partial charge in [-0.2, -0.15) is 26.3 Å². The number of nitrogens with one attached hydrogen (secondary N) is 1. The molecule has 4 rings (SSSR count). The molecule has 2 heterocycles. The number of carbonyl (C=O) groups excluding carboxylic acids is 1. The van der Waals surface area contributed by atoms with E-state index >= 15 is 0 Å². The smallest absolute Gasteiger partial charge is 0.370 e. The molecule has 4 nitrogen and oxygen atoms in total. The van der Waals surface area contributed by atoms with Crippen LogP contribution in [-0.4, -0.2) is 35.0 Å². The number of rotatable bonds is 6. The van der Waals surface area contributed by atoms with Crippen molar-refractivity contribution < 1.29 is 35.9 Å². The predicted molar refractivity (Wildman–Crippen MR) is 130 cm³/mol. The number of piperidine rings is 1. The minimum absolute atomic E-state index is 0.105. The minimum atomic E-state index is -4.94. The van der Waals surface area contributed by atoms with Gasteiger partial charge in [0.15, 0.2) is 0 Å². The van der Waals surface area contributed by atoms with E-state index in [9.17, 15) is 31.1 Å². The summed E-state index contributed by atoms with van der Waals surface area (Å²) >= 11 is 0. The zero-order valence-corrected chi connectivity index (χ0v) is 20.4. The molecule has 0 saturated carbocycles. The number of alkyl halides is 6. The van der Waals surface area contributed by atoms with Crippen molar-refractivity contribution in [2.24, 2.45) is 0 Å². The van der Waals surface area contributed by atoms with Crippen molar-refractivity contribution in [1.29, 1.82) is 0 Å². The number of H-pyrrole nitrogens is 1. The topological polar surface area (TPSA) is 45.3 Å². The van der Waals surface area contributed by atoms with E-state index in [1.807, 2.05) is 42.5 Å². The normalized spacial score (nSPS) is 19.6. The molecular weight excluding hydrogens is 510 g/mol. The summed E-state index contributed by atoms with van der Waals surface area (Å²) in [5.74, 6) is -0.539. The van der Waals surface area contributed by atoms with Gasteiger partial charge in [0.1, 0.15) is 0 Å². The standard InChI is InChI=1S/C28H26F6N2O2/c1-18(20-14-21(27(29,30)31)16-22(15-20)28(32,33)34)38-25-11-13-36(17-24(25)19-6-3-2-4-7-19)26(37)10-9-23-8-5-12-35-23/h2-10,12,14-16,18,24-25,35H,11,13,17H2,1H3/t18-,24+,25+/m1/s1. The van der Waals surface area contributed by atoms with Crippen molar-refractivity contribution >= 4 is 12.0 Å². The molecule has 1 saturated heterocycles. The summed E-state index contributed by atoms with van der Waals surface area (Å²) in [4.78, 5) is 17.5. The fourth-order valence-electron chi connectivity index (χ4n) is 4.58. The molecule has 1 fully saturated rings. The summed E-state index contributed by atoms with van der Waals surface area (Å²) in [6.45, 7) is 2.05. The number of nitrogens with zero attached hydrogens (tertiary/aromatic N) is 1. The molecule has 1 aromatic heterocycles. The molecule has 0 aliphatic carbocycles. The number of carbonyl (C=O) groups is 1. The van der Waals surface area contributed by atoms with Gasteiger partial charge >= 0.3 is 12.4 Å². The maximum atomic E-state index is 13.4. The van der Waals surface area contributed by atoms with E-state index < -0.39 is 35.7 Å². The number of halogens is 6. The van der Waals surface area contributed by atoms with E-state index in [0.717, 1.165) is 11.3 Å². The maximum Gasteiger partial charge on any atom is 0.416 e. The van der Waals surface area contributed by atoms with Gasteiger partial charge < -0.3 is 14.6 Å². The van der Waals surface area contributed by atoms with Crippen molar-refractivity contribution in [2.75, 3.05) is 13.1 Å². The molecule has 1 amide bonds. The third-order valence-electron chi connectivity index (χ3n) is 6.57. The van der Waals surface area contributed by atoms with Crippen molar-refractivity contribution in [2.45, 2.75) is 43.8 Å². The van der Waals surface area contributed by atoms with Gasteiger partial charge in [-0.1, -0.05) is 30.3 Å². The van der Waals surface area contributed by atoms with Gasteiger partial charge in [0, 0.05) is 37.0 Å². The van der Waals surface area contributed by atoms with Crippen LogP contribution in [0, 0.1) is 0 Å². The largest absolute Gasteiger partial charge is 0.416 e. The summed E-state index contributed by atoms with van der Waals surface area (Å²) in [6.07, 6.45) is -6.26. The number of likely N-dealkylation sites (tertiary alicyclic amines) is 1. The summed E-state index contributed by atoms with van der Waals surface area (Å²) in [5.41, 5.74) is -1.36. The van der Waals surface area contributed by atoms with Gasteiger partial charge in [0.2, 0.25) is 5.91 Å². The molecule has 2 aromatic carbocycles. The first-order valence-corrected chi connectivity index (χ1v) is 12.0. The molecular formula is C28H26F6N2O2. The van der Waals surface area contributed by atoms with Gasteiger partial charge in [-0.15, -0.1) is 0 Å². The molecule has 0 spiro atoms. The third kappa shape index (κ3) is 6.66. The molecule has 1 aliphatic heterocycles. The van der Waals surface area contributed by atoms with E-state index in [0.29, 0.717) is 25.1 Å². The van der Waals surface area contributed by atoms with Crippen molar-refractivity contribution in [3.63, 3.8) is 0 Å². The average Bonchev–Trinajstić information content (AvgIpc) is 3.40. The molecule has 1 N–H and O–H groups in total. The molecule has 202 valence electrons. The zero-order chi connectivity index (χ0) is 27.5. The Balaban J connectivity index is 1.57. The number of benzene rings is 2. The molecule has 3 aromatic rings. The molecule has 1 aliphatic rings. The molecule has 38 heavy (non-hydrogen) atoms. The number of aromatic amines is 1. The maximum absolute atomic E-state index is 13.4. The highest BCUT2D eigenvalue weighted by atomic mass is 19.4. The first kappa shape index (κ1) is 27.5. The zero-order valence-electron chi connectivity index (χ0n) is 20.4. The summed E-state index contributed by atoms with van der Waals surface area (Å²) in [7, 11) is 0. The monoisotopic (exact) mass is 536 g/mol. The van der Waals surface area contributed by atoms with Crippen molar-refractivity contribution in [3.8, 4) is 0 Å². The Labute approximate surface area is 215 Å². The fraction of sp³-hybridized carbons (Fsp3) is 0.321. The number of hydrogen-bond acceptors (Lipinski definition) is 2. The molecule has 3 atom stereocenters. The predicted octanol–water partition coefficient (Wildman–Crippen LogP) is 7.23. The Morgan fingerprint density at radius 2 is 1.66 bits per heavy atom. The van der Waals surface area contributed by atoms with Crippen LogP contribution in [0.1, 0.15) is 53.3 Å². The highest BCUT2D eigenvalue weighted by Gasteiger charge is 2.38. The van der Waals surface area contributed by atoms with Crippen molar-refractivity contribution in [1.82, 2.24) is 9.88 Å². The van der Waals surface area contributed by atoms with Crippen LogP contribution in [0.15, 0.2) is 72.9 Å². The Morgan fingerprint density at radius 3 is 2.24 bits per heavy atom. The lowest BCUT2D eigenvalue weighted by molar-refractivity contribution is -0.143. The summed E-state index contributed by atoms with van der Waals surface area (Å²) < 4.78 is 86.3. The first-order valence-electron chi connectivity index (χ1n) is 12.0. The van der Waals surface area contributed by atoms with Gasteiger partial charge in [-0.3, -0.25) is 4.79 Å². The van der Waals surface area contributed by atoms with E-state index in [2.05, 4.69) is 4.98 Å². The molecule has 10 heteroatoms. The van der Waals surface area contributed by atoms with E-state index in [-0.39, 0.29) is 30.0 Å². The van der Waals surface area contributed by atoms with Crippen LogP contribution in [0.3, 0.4) is 0 Å². The average molecular weight is 537 g/mol. The van der Waals surface area contributed by atoms with E-state index in [1.165, 1.54) is 13.0 Å². The van der Waals surface area contributed by atoms with Crippen LogP contribution in [0.4, 0.5) is 26.3 Å². The Bertz CT molecular complexity index is 1220. The lowest BCUT2D eigenvalue weighted by Crippen LogP contribution is -2.45. The Morgan fingerprint density at radius 1 is 1.00 bits per heavy atom. The van der Waals surface area contributed by atoms with Gasteiger partial charge in [-0.25, -0.2) is 0 Å². The Kier molecular flexibility index (Phi) is 8.01. The SMILES string of the molecule is C[C@@H](O[C@H]1CCN(C(=O)C=Cc2ccc[nH]2)C[C@H]1c1ccccc1)c1cc(C(F)(F)F)cc(C(F)(F)F)c1.